The van der Waals surface area contributed by atoms with Gasteiger partial charge in [-0.2, -0.15) is 0 Å². The van der Waals surface area contributed by atoms with E-state index in [1.807, 2.05) is 5.92 Å². The number of phosphoric ester groups is 1. The molecule has 0 heterocycles. The predicted octanol–water partition coefficient (Wildman–Crippen LogP) is 11.4. The summed E-state index contributed by atoms with van der Waals surface area (Å²) < 4.78 is 33.1. The average Bonchev–Trinajstić information content (AvgIpc) is 3.17. The van der Waals surface area contributed by atoms with Crippen LogP contribution in [0.15, 0.2) is 24.3 Å². The van der Waals surface area contributed by atoms with Gasteiger partial charge in [0, 0.05) is 19.4 Å². The van der Waals surface area contributed by atoms with Gasteiger partial charge in [0.25, 0.3) is 5.91 Å². The normalized spacial score (nSPS) is 13.1. The van der Waals surface area contributed by atoms with Crippen molar-refractivity contribution in [1.82, 2.24) is 5.32 Å². The van der Waals surface area contributed by atoms with E-state index < -0.39 is 38.4 Å². The number of hydrogen-bond acceptors (Lipinski definition) is 8. The lowest BCUT2D eigenvalue weighted by Gasteiger charge is -2.20. The summed E-state index contributed by atoms with van der Waals surface area (Å²) in [7, 11) is -4.55. The summed E-state index contributed by atoms with van der Waals surface area (Å²) in [5.41, 5.74) is 0. The minimum absolute atomic E-state index is 0.0979. The predicted molar refractivity (Wildman–Crippen MR) is 223 cm³/mol. The highest BCUT2D eigenvalue weighted by atomic mass is 31.2. The number of hydrogen-bond donors (Lipinski definition) is 2. The van der Waals surface area contributed by atoms with Gasteiger partial charge in [-0.15, -0.1) is 6.42 Å². The maximum atomic E-state index is 12.6. The van der Waals surface area contributed by atoms with E-state index in [1.165, 1.54) is 83.5 Å². The molecule has 0 fully saturated rings. The average molecular weight is 796 g/mol. The zero-order valence-electron chi connectivity index (χ0n) is 34.8. The number of ether oxygens (including phenoxy) is 2. The van der Waals surface area contributed by atoms with E-state index in [-0.39, 0.29) is 32.6 Å². The summed E-state index contributed by atoms with van der Waals surface area (Å²) in [4.78, 5) is 46.3. The number of esters is 2. The molecule has 0 aromatic rings. The van der Waals surface area contributed by atoms with Crippen molar-refractivity contribution in [2.75, 3.05) is 26.4 Å². The van der Waals surface area contributed by atoms with Crippen LogP contribution in [0.25, 0.3) is 0 Å². The summed E-state index contributed by atoms with van der Waals surface area (Å²) in [5.74, 6) is 0.258. The minimum Gasteiger partial charge on any atom is -0.462 e. The fourth-order valence-corrected chi connectivity index (χ4v) is 6.64. The molecule has 55 heavy (non-hydrogen) atoms. The van der Waals surface area contributed by atoms with Gasteiger partial charge in [-0.25, -0.2) is 4.57 Å². The number of phosphoric acid groups is 1. The molecular formula is C44H78NO9P. The number of carbonyl (C=O) groups is 3. The Morgan fingerprint density at radius 1 is 0.618 bits per heavy atom. The van der Waals surface area contributed by atoms with Crippen molar-refractivity contribution >= 4 is 25.7 Å². The first-order valence-electron chi connectivity index (χ1n) is 21.7. The zero-order chi connectivity index (χ0) is 40.5. The Hall–Kier alpha value is -2.44. The molecule has 0 aromatic carbocycles. The molecule has 1 unspecified atom stereocenters. The van der Waals surface area contributed by atoms with Crippen LogP contribution >= 0.6 is 7.82 Å². The van der Waals surface area contributed by atoms with E-state index in [2.05, 4.69) is 43.5 Å². The maximum Gasteiger partial charge on any atom is 0.472 e. The Kier molecular flexibility index (Phi) is 38.0. The maximum absolute atomic E-state index is 12.6. The molecule has 2 atom stereocenters. The molecule has 0 rings (SSSR count). The fraction of sp³-hybridized carbons (Fsp3) is 0.795. The van der Waals surface area contributed by atoms with Crippen LogP contribution in [0.2, 0.25) is 0 Å². The summed E-state index contributed by atoms with van der Waals surface area (Å²) in [6.45, 7) is 3.24. The van der Waals surface area contributed by atoms with E-state index in [0.717, 1.165) is 70.6 Å². The Bertz CT molecular complexity index is 1090. The van der Waals surface area contributed by atoms with Crippen molar-refractivity contribution in [2.45, 2.75) is 200 Å². The monoisotopic (exact) mass is 796 g/mol. The standard InChI is InChI=1S/C44H78NO9P/c1-4-7-9-11-13-15-17-19-21-23-25-27-29-31-33-35-43(47)51-39-41(40-53-55(49,50)52-38-37-45-42(46)6-3)54-44(48)36-34-32-30-28-26-24-22-20-18-16-14-12-10-8-5-2/h3,19-22,41H,4-5,7-18,23-40H2,1-2H3,(H,45,46)(H,49,50)/b21-19-,22-20-/t41-/m1/s1. The highest BCUT2D eigenvalue weighted by Gasteiger charge is 2.26. The lowest BCUT2D eigenvalue weighted by atomic mass is 10.1. The molecule has 0 radical (unpaired) electrons. The van der Waals surface area contributed by atoms with Gasteiger partial charge in [0.1, 0.15) is 6.61 Å². The molecule has 11 heteroatoms. The van der Waals surface area contributed by atoms with E-state index in [1.54, 1.807) is 0 Å². The molecule has 0 saturated heterocycles. The lowest BCUT2D eigenvalue weighted by Crippen LogP contribution is -2.30. The highest BCUT2D eigenvalue weighted by Crippen LogP contribution is 2.43. The molecule has 318 valence electrons. The van der Waals surface area contributed by atoms with Crippen LogP contribution in [0, 0.1) is 12.3 Å². The minimum atomic E-state index is -4.55. The first kappa shape index (κ1) is 52.6. The summed E-state index contributed by atoms with van der Waals surface area (Å²) in [6.07, 6.45) is 43.5. The third-order valence-corrected chi connectivity index (χ3v) is 10.2. The third-order valence-electron chi connectivity index (χ3n) is 9.21. The second kappa shape index (κ2) is 39.8. The van der Waals surface area contributed by atoms with Gasteiger partial charge >= 0.3 is 19.8 Å². The van der Waals surface area contributed by atoms with Gasteiger partial charge in [0.15, 0.2) is 6.10 Å². The van der Waals surface area contributed by atoms with Crippen molar-refractivity contribution in [3.05, 3.63) is 24.3 Å². The molecule has 0 aliphatic rings. The van der Waals surface area contributed by atoms with Crippen molar-refractivity contribution in [3.8, 4) is 12.3 Å². The smallest absolute Gasteiger partial charge is 0.462 e. The summed E-state index contributed by atoms with van der Waals surface area (Å²) in [6, 6.07) is 0. The molecule has 0 aliphatic carbocycles. The van der Waals surface area contributed by atoms with Crippen LogP contribution in [0.3, 0.4) is 0 Å². The number of nitrogens with one attached hydrogen (secondary N) is 1. The first-order valence-corrected chi connectivity index (χ1v) is 23.2. The Morgan fingerprint density at radius 3 is 1.49 bits per heavy atom. The van der Waals surface area contributed by atoms with Crippen molar-refractivity contribution in [2.24, 2.45) is 0 Å². The van der Waals surface area contributed by atoms with Crippen molar-refractivity contribution in [1.29, 1.82) is 0 Å². The number of unbranched alkanes of at least 4 members (excludes halogenated alkanes) is 22. The van der Waals surface area contributed by atoms with Crippen LogP contribution in [-0.2, 0) is 37.5 Å². The number of rotatable bonds is 40. The van der Waals surface area contributed by atoms with Crippen LogP contribution in [0.1, 0.15) is 194 Å². The van der Waals surface area contributed by atoms with Gasteiger partial charge in [0.05, 0.1) is 13.2 Å². The van der Waals surface area contributed by atoms with Crippen molar-refractivity contribution in [3.63, 3.8) is 0 Å². The first-order chi connectivity index (χ1) is 26.7. The molecule has 10 nitrogen and oxygen atoms in total. The summed E-state index contributed by atoms with van der Waals surface area (Å²) >= 11 is 0. The van der Waals surface area contributed by atoms with Crippen molar-refractivity contribution < 1.29 is 42.4 Å². The molecular weight excluding hydrogens is 717 g/mol. The van der Waals surface area contributed by atoms with Crippen LogP contribution < -0.4 is 5.32 Å². The van der Waals surface area contributed by atoms with Gasteiger partial charge in [-0.1, -0.05) is 141 Å². The second-order valence-electron chi connectivity index (χ2n) is 14.5. The molecule has 0 spiro atoms. The molecule has 0 bridgehead atoms. The largest absolute Gasteiger partial charge is 0.472 e. The Morgan fingerprint density at radius 2 is 1.04 bits per heavy atom. The fourth-order valence-electron chi connectivity index (χ4n) is 5.89. The quantitative estimate of drug-likeness (QED) is 0.0204. The molecule has 1 amide bonds. The van der Waals surface area contributed by atoms with Gasteiger partial charge < -0.3 is 19.7 Å². The highest BCUT2D eigenvalue weighted by molar-refractivity contribution is 7.47. The second-order valence-corrected chi connectivity index (χ2v) is 15.9. The number of terminal acetylenes is 1. The summed E-state index contributed by atoms with van der Waals surface area (Å²) in [5, 5.41) is 2.31. The van der Waals surface area contributed by atoms with E-state index in [9.17, 15) is 23.8 Å². The Balaban J connectivity index is 4.41. The molecule has 0 saturated carbocycles. The van der Waals surface area contributed by atoms with Crippen LogP contribution in [0.5, 0.6) is 0 Å². The lowest BCUT2D eigenvalue weighted by molar-refractivity contribution is -0.161. The van der Waals surface area contributed by atoms with Crippen LogP contribution in [0.4, 0.5) is 0 Å². The zero-order valence-corrected chi connectivity index (χ0v) is 35.6. The molecule has 0 aliphatic heterocycles. The molecule has 2 N–H and O–H groups in total. The number of carbonyl (C=O) groups excluding carboxylic acids is 3. The SMILES string of the molecule is C#CC(=O)NCCOP(=O)(O)OC[C@@H](COC(=O)CCCCCCC/C=C\CCCCCCCC)OC(=O)CCCCCCC/C=C\CCCCCCCC. The van der Waals surface area contributed by atoms with Crippen LogP contribution in [-0.4, -0.2) is 55.2 Å². The van der Waals surface area contributed by atoms with Gasteiger partial charge in [-0.3, -0.25) is 23.4 Å². The number of amides is 1. The Labute approximate surface area is 335 Å². The van der Waals surface area contributed by atoms with E-state index in [4.69, 9.17) is 24.9 Å². The topological polar surface area (TPSA) is 137 Å². The van der Waals surface area contributed by atoms with E-state index >= 15 is 0 Å². The third kappa shape index (κ3) is 39.6. The van der Waals surface area contributed by atoms with Gasteiger partial charge in [-0.05, 0) is 70.1 Å². The molecule has 0 aromatic heterocycles. The number of allylic oxidation sites excluding steroid dienone is 4. The van der Waals surface area contributed by atoms with Gasteiger partial charge in [0.2, 0.25) is 0 Å². The van der Waals surface area contributed by atoms with E-state index in [0.29, 0.717) is 12.8 Å².